The van der Waals surface area contributed by atoms with Gasteiger partial charge in [0, 0.05) is 41.8 Å². The summed E-state index contributed by atoms with van der Waals surface area (Å²) in [6, 6.07) is 16.7. The molecule has 5 rings (SSSR count). The quantitative estimate of drug-likeness (QED) is 0.303. The third kappa shape index (κ3) is 4.54. The lowest BCUT2D eigenvalue weighted by molar-refractivity contribution is 0.0974. The smallest absolute Gasteiger partial charge is 0.162 e. The molecule has 0 radical (unpaired) electrons. The Morgan fingerprint density at radius 3 is 2.15 bits per heavy atom. The van der Waals surface area contributed by atoms with Gasteiger partial charge in [0.05, 0.1) is 5.52 Å². The van der Waals surface area contributed by atoms with Gasteiger partial charge in [-0.25, -0.2) is 13.2 Å². The number of nitrogens with zero attached hydrogens (tertiary/aromatic N) is 2. The molecule has 3 nitrogen and oxygen atoms in total. The van der Waals surface area contributed by atoms with Gasteiger partial charge < -0.3 is 4.57 Å². The van der Waals surface area contributed by atoms with Crippen LogP contribution in [0.25, 0.3) is 16.6 Å². The molecule has 0 bridgehead atoms. The lowest BCUT2D eigenvalue weighted by Gasteiger charge is -2.17. The first-order valence-corrected chi connectivity index (χ1v) is 10.6. The molecule has 0 atom stereocenters. The van der Waals surface area contributed by atoms with Crippen LogP contribution in [0.3, 0.4) is 0 Å². The van der Waals surface area contributed by atoms with Crippen molar-refractivity contribution in [3.63, 3.8) is 0 Å². The summed E-state index contributed by atoms with van der Waals surface area (Å²) in [6.45, 7) is 2.03. The van der Waals surface area contributed by atoms with Crippen LogP contribution in [0.1, 0.15) is 34.5 Å². The molecule has 1 aliphatic rings. The molecule has 7 heteroatoms. The number of hydrogen-bond acceptors (Lipinski definition) is 2. The van der Waals surface area contributed by atoms with Crippen LogP contribution < -0.4 is 0 Å². The van der Waals surface area contributed by atoms with Crippen LogP contribution in [0.4, 0.5) is 13.2 Å². The van der Waals surface area contributed by atoms with Gasteiger partial charge in [0.2, 0.25) is 0 Å². The summed E-state index contributed by atoms with van der Waals surface area (Å²) in [7, 11) is 0. The Morgan fingerprint density at radius 1 is 0.818 bits per heavy atom. The zero-order valence-corrected chi connectivity index (χ0v) is 18.5. The van der Waals surface area contributed by atoms with Crippen LogP contribution in [0.2, 0.25) is 0 Å². The van der Waals surface area contributed by atoms with Gasteiger partial charge in [0.25, 0.3) is 0 Å². The predicted octanol–water partition coefficient (Wildman–Crippen LogP) is 6.45. The highest BCUT2D eigenvalue weighted by Crippen LogP contribution is 2.36. The Bertz CT molecular complexity index is 1300. The fraction of sp³-hybridized carbons (Fsp3) is 0.192. The maximum atomic E-state index is 14.0. The second-order valence-corrected chi connectivity index (χ2v) is 8.14. The van der Waals surface area contributed by atoms with Crippen molar-refractivity contribution in [2.75, 3.05) is 6.54 Å². The van der Waals surface area contributed by atoms with Crippen LogP contribution in [0, 0.1) is 17.5 Å². The van der Waals surface area contributed by atoms with E-state index in [1.807, 2.05) is 0 Å². The predicted molar refractivity (Wildman–Crippen MR) is 125 cm³/mol. The minimum atomic E-state index is -0.360. The number of rotatable bonds is 6. The molecule has 0 N–H and O–H groups in total. The second-order valence-electron chi connectivity index (χ2n) is 8.14. The lowest BCUT2D eigenvalue weighted by Crippen LogP contribution is -2.19. The molecule has 0 spiro atoms. The lowest BCUT2D eigenvalue weighted by atomic mass is 10.1. The van der Waals surface area contributed by atoms with E-state index in [2.05, 4.69) is 9.47 Å². The van der Waals surface area contributed by atoms with Crippen molar-refractivity contribution in [3.8, 4) is 5.69 Å². The number of halogens is 4. The van der Waals surface area contributed by atoms with Crippen molar-refractivity contribution in [1.29, 1.82) is 0 Å². The van der Waals surface area contributed by atoms with Gasteiger partial charge in [-0.3, -0.25) is 9.69 Å². The highest BCUT2D eigenvalue weighted by atomic mass is 35.5. The summed E-state index contributed by atoms with van der Waals surface area (Å²) in [5.41, 5.74) is 4.36. The molecule has 0 fully saturated rings. The number of fused-ring (bicyclic) bond motifs is 3. The van der Waals surface area contributed by atoms with E-state index in [-0.39, 0.29) is 35.6 Å². The fourth-order valence-electron chi connectivity index (χ4n) is 4.50. The van der Waals surface area contributed by atoms with Crippen molar-refractivity contribution in [3.05, 3.63) is 101 Å². The minimum absolute atomic E-state index is 0. The Morgan fingerprint density at radius 2 is 1.45 bits per heavy atom. The highest BCUT2D eigenvalue weighted by molar-refractivity contribution is 5.96. The number of carbonyl (C=O) groups is 1. The Kier molecular flexibility index (Phi) is 6.58. The Labute approximate surface area is 195 Å². The Balaban J connectivity index is 0.00000259. The van der Waals surface area contributed by atoms with E-state index in [9.17, 15) is 18.0 Å². The molecule has 0 aliphatic carbocycles. The van der Waals surface area contributed by atoms with Crippen molar-refractivity contribution >= 4 is 29.1 Å². The first kappa shape index (κ1) is 23.1. The minimum Gasteiger partial charge on any atom is -0.312 e. The highest BCUT2D eigenvalue weighted by Gasteiger charge is 2.27. The van der Waals surface area contributed by atoms with E-state index in [1.54, 1.807) is 24.3 Å². The van der Waals surface area contributed by atoms with Crippen LogP contribution >= 0.6 is 12.4 Å². The third-order valence-electron chi connectivity index (χ3n) is 6.03. The molecule has 3 aromatic carbocycles. The largest absolute Gasteiger partial charge is 0.312 e. The maximum absolute atomic E-state index is 14.0. The normalized spacial score (nSPS) is 13.2. The summed E-state index contributed by atoms with van der Waals surface area (Å²) >= 11 is 0. The molecule has 170 valence electrons. The van der Waals surface area contributed by atoms with E-state index in [4.69, 9.17) is 0 Å². The number of Topliss-reactive ketones (excluding diaryl/α,β-unsaturated/α-hetero) is 1. The standard InChI is InChI=1S/C26H21F3N2O.ClH/c27-18-5-3-17(4-6-18)26(32)2-1-13-30-15-23-22-14-20(29)9-12-24(22)31(25(23)16-30)21-10-7-19(28)8-11-21;/h3-12,14H,1-2,13,15-16H2;1H. The van der Waals surface area contributed by atoms with Crippen molar-refractivity contribution in [1.82, 2.24) is 9.47 Å². The molecule has 1 aliphatic heterocycles. The van der Waals surface area contributed by atoms with Gasteiger partial charge >= 0.3 is 0 Å². The number of hydrogen-bond donors (Lipinski definition) is 0. The first-order chi connectivity index (χ1) is 15.5. The van der Waals surface area contributed by atoms with Gasteiger partial charge in [-0.15, -0.1) is 12.4 Å². The van der Waals surface area contributed by atoms with Gasteiger partial charge in [0.1, 0.15) is 17.5 Å². The van der Waals surface area contributed by atoms with Crippen LogP contribution in [-0.4, -0.2) is 21.8 Å². The Hall–Kier alpha value is -3.09. The molecule has 4 aromatic rings. The van der Waals surface area contributed by atoms with Crippen molar-refractivity contribution in [2.24, 2.45) is 0 Å². The summed E-state index contributed by atoms with van der Waals surface area (Å²) in [4.78, 5) is 14.6. The number of ketones is 1. The molecule has 0 amide bonds. The number of benzene rings is 3. The van der Waals surface area contributed by atoms with Crippen LogP contribution in [0.5, 0.6) is 0 Å². The average molecular weight is 471 g/mol. The van der Waals surface area contributed by atoms with Crippen LogP contribution in [0.15, 0.2) is 66.7 Å². The monoisotopic (exact) mass is 470 g/mol. The first-order valence-electron chi connectivity index (χ1n) is 10.6. The van der Waals surface area contributed by atoms with E-state index >= 15 is 0 Å². The molecule has 0 saturated heterocycles. The maximum Gasteiger partial charge on any atom is 0.162 e. The molecule has 1 aromatic heterocycles. The van der Waals surface area contributed by atoms with E-state index in [0.29, 0.717) is 38.0 Å². The summed E-state index contributed by atoms with van der Waals surface area (Å²) in [6.07, 6.45) is 1.04. The van der Waals surface area contributed by atoms with Gasteiger partial charge in [0.15, 0.2) is 5.78 Å². The fourth-order valence-corrected chi connectivity index (χ4v) is 4.50. The summed E-state index contributed by atoms with van der Waals surface area (Å²) in [5, 5.41) is 0.856. The molecular formula is C26H22ClF3N2O. The molecule has 2 heterocycles. The van der Waals surface area contributed by atoms with Gasteiger partial charge in [-0.05, 0) is 85.3 Å². The number of aromatic nitrogens is 1. The molecule has 33 heavy (non-hydrogen) atoms. The van der Waals surface area contributed by atoms with E-state index in [1.165, 1.54) is 42.5 Å². The summed E-state index contributed by atoms with van der Waals surface area (Å²) < 4.78 is 42.6. The van der Waals surface area contributed by atoms with Crippen LogP contribution in [-0.2, 0) is 13.1 Å². The van der Waals surface area contributed by atoms with Crippen molar-refractivity contribution in [2.45, 2.75) is 25.9 Å². The second kappa shape index (κ2) is 9.41. The van der Waals surface area contributed by atoms with E-state index in [0.717, 1.165) is 27.8 Å². The van der Waals surface area contributed by atoms with Gasteiger partial charge in [-0.1, -0.05) is 0 Å². The van der Waals surface area contributed by atoms with Gasteiger partial charge in [-0.2, -0.15) is 0 Å². The van der Waals surface area contributed by atoms with Crippen molar-refractivity contribution < 1.29 is 18.0 Å². The van der Waals surface area contributed by atoms with E-state index < -0.39 is 0 Å². The third-order valence-corrected chi connectivity index (χ3v) is 6.03. The topological polar surface area (TPSA) is 25.2 Å². The average Bonchev–Trinajstić information content (AvgIpc) is 3.31. The SMILES string of the molecule is Cl.O=C(CCCN1Cc2c(n(-c3ccc(F)cc3)c3ccc(F)cc23)C1)c1ccc(F)cc1. The number of carbonyl (C=O) groups excluding carboxylic acids is 1. The molecule has 0 saturated carbocycles. The zero-order chi connectivity index (χ0) is 22.2. The summed E-state index contributed by atoms with van der Waals surface area (Å²) in [5.74, 6) is -0.966. The molecule has 0 unspecified atom stereocenters. The zero-order valence-electron chi connectivity index (χ0n) is 17.7. The molecular weight excluding hydrogens is 449 g/mol.